The highest BCUT2D eigenvalue weighted by molar-refractivity contribution is 6.37. The first-order valence-electron chi connectivity index (χ1n) is 6.24. The number of rotatable bonds is 4. The Labute approximate surface area is 128 Å². The number of halogens is 2. The van der Waals surface area contributed by atoms with Crippen molar-refractivity contribution in [2.45, 2.75) is 13.3 Å². The quantitative estimate of drug-likeness (QED) is 0.759. The van der Waals surface area contributed by atoms with Gasteiger partial charge in [-0.3, -0.25) is 4.79 Å². The van der Waals surface area contributed by atoms with Gasteiger partial charge in [-0.05, 0) is 18.1 Å². The Morgan fingerprint density at radius 1 is 1.10 bits per heavy atom. The number of aryl methyl sites for hydroxylation is 1. The van der Waals surface area contributed by atoms with Gasteiger partial charge in [0.25, 0.3) is 0 Å². The summed E-state index contributed by atoms with van der Waals surface area (Å²) in [6, 6.07) is 10.6. The van der Waals surface area contributed by atoms with Crippen LogP contribution in [0.5, 0.6) is 5.75 Å². The third kappa shape index (κ3) is 2.82. The van der Waals surface area contributed by atoms with Gasteiger partial charge in [-0.1, -0.05) is 54.4 Å². The Morgan fingerprint density at radius 3 is 2.45 bits per heavy atom. The van der Waals surface area contributed by atoms with Crippen molar-refractivity contribution in [3.05, 3.63) is 63.1 Å². The van der Waals surface area contributed by atoms with Gasteiger partial charge in [0, 0.05) is 17.2 Å². The highest BCUT2D eigenvalue weighted by Gasteiger charge is 2.18. The average Bonchev–Trinajstić information content (AvgIpc) is 2.48. The van der Waals surface area contributed by atoms with Crippen molar-refractivity contribution in [3.63, 3.8) is 0 Å². The third-order valence-corrected chi connectivity index (χ3v) is 3.74. The van der Waals surface area contributed by atoms with Crippen molar-refractivity contribution in [2.75, 3.05) is 7.11 Å². The largest absolute Gasteiger partial charge is 0.495 e. The molecule has 2 aromatic rings. The van der Waals surface area contributed by atoms with Crippen LogP contribution in [-0.4, -0.2) is 12.9 Å². The molecule has 0 atom stereocenters. The van der Waals surface area contributed by atoms with Gasteiger partial charge in [0.1, 0.15) is 5.75 Å². The van der Waals surface area contributed by atoms with Gasteiger partial charge in [0.15, 0.2) is 5.78 Å². The molecule has 0 N–H and O–H groups in total. The van der Waals surface area contributed by atoms with Crippen molar-refractivity contribution >= 4 is 29.0 Å². The molecule has 0 aliphatic rings. The molecule has 0 aliphatic heterocycles. The van der Waals surface area contributed by atoms with Gasteiger partial charge in [0.05, 0.1) is 17.2 Å². The molecule has 0 aromatic heterocycles. The first-order chi connectivity index (χ1) is 9.58. The van der Waals surface area contributed by atoms with Gasteiger partial charge in [0.2, 0.25) is 0 Å². The van der Waals surface area contributed by atoms with Crippen LogP contribution in [-0.2, 0) is 6.42 Å². The second-order valence-electron chi connectivity index (χ2n) is 4.31. The lowest BCUT2D eigenvalue weighted by Gasteiger charge is -2.10. The van der Waals surface area contributed by atoms with Crippen LogP contribution in [0.1, 0.15) is 28.4 Å². The highest BCUT2D eigenvalue weighted by Crippen LogP contribution is 2.32. The molecule has 0 amide bonds. The standard InChI is InChI=1S/C16H14Cl2O2/c1-3-10-6-4-5-7-11(10)16(19)12-8-14(18)15(20-2)9-13(12)17/h4-9H,3H2,1-2H3. The topological polar surface area (TPSA) is 26.3 Å². The Balaban J connectivity index is 2.51. The maximum atomic E-state index is 12.6. The summed E-state index contributed by atoms with van der Waals surface area (Å²) in [5, 5.41) is 0.705. The molecule has 0 spiro atoms. The zero-order chi connectivity index (χ0) is 14.7. The van der Waals surface area contributed by atoms with Gasteiger partial charge < -0.3 is 4.74 Å². The summed E-state index contributed by atoms with van der Waals surface area (Å²) >= 11 is 12.2. The highest BCUT2D eigenvalue weighted by atomic mass is 35.5. The summed E-state index contributed by atoms with van der Waals surface area (Å²) in [6.45, 7) is 2.01. The van der Waals surface area contributed by atoms with E-state index >= 15 is 0 Å². The molecule has 0 heterocycles. The second-order valence-corrected chi connectivity index (χ2v) is 5.12. The summed E-state index contributed by atoms with van der Waals surface area (Å²) in [5.41, 5.74) is 2.03. The molecule has 2 nitrogen and oxygen atoms in total. The number of carbonyl (C=O) groups excluding carboxylic acids is 1. The molecule has 2 aromatic carbocycles. The number of benzene rings is 2. The molecule has 0 unspecified atom stereocenters. The van der Waals surface area contributed by atoms with Gasteiger partial charge >= 0.3 is 0 Å². The van der Waals surface area contributed by atoms with Gasteiger partial charge in [-0.15, -0.1) is 0 Å². The molecule has 0 fully saturated rings. The zero-order valence-electron chi connectivity index (χ0n) is 11.2. The van der Waals surface area contributed by atoms with Crippen molar-refractivity contribution in [1.29, 1.82) is 0 Å². The number of ketones is 1. The molecule has 0 saturated carbocycles. The minimum atomic E-state index is -0.128. The van der Waals surface area contributed by atoms with Crippen molar-refractivity contribution in [1.82, 2.24) is 0 Å². The Morgan fingerprint density at radius 2 is 1.80 bits per heavy atom. The first kappa shape index (κ1) is 14.9. The molecule has 0 aliphatic carbocycles. The van der Waals surface area contributed by atoms with Crippen LogP contribution >= 0.6 is 23.2 Å². The van der Waals surface area contributed by atoms with E-state index in [0.29, 0.717) is 26.9 Å². The predicted molar refractivity (Wildman–Crippen MR) is 82.3 cm³/mol. The fourth-order valence-corrected chi connectivity index (χ4v) is 2.53. The maximum Gasteiger partial charge on any atom is 0.194 e. The SMILES string of the molecule is CCc1ccccc1C(=O)c1cc(Cl)c(OC)cc1Cl. The molecule has 20 heavy (non-hydrogen) atoms. The fraction of sp³-hybridized carbons (Fsp3) is 0.188. The van der Waals surface area contributed by atoms with Crippen LogP contribution in [0.3, 0.4) is 0 Å². The van der Waals surface area contributed by atoms with Crippen molar-refractivity contribution < 1.29 is 9.53 Å². The second kappa shape index (κ2) is 6.29. The maximum absolute atomic E-state index is 12.6. The van der Waals surface area contributed by atoms with Crippen molar-refractivity contribution in [3.8, 4) is 5.75 Å². The minimum Gasteiger partial charge on any atom is -0.495 e. The van der Waals surface area contributed by atoms with Crippen LogP contribution in [0.4, 0.5) is 0 Å². The fourth-order valence-electron chi connectivity index (χ4n) is 2.05. The Kier molecular flexibility index (Phi) is 4.69. The predicted octanol–water partition coefficient (Wildman–Crippen LogP) is 4.80. The van der Waals surface area contributed by atoms with Crippen LogP contribution in [0, 0.1) is 0 Å². The normalized spacial score (nSPS) is 10.4. The summed E-state index contributed by atoms with van der Waals surface area (Å²) in [4.78, 5) is 12.6. The lowest BCUT2D eigenvalue weighted by molar-refractivity contribution is 0.103. The summed E-state index contributed by atoms with van der Waals surface area (Å²) in [5.74, 6) is 0.328. The summed E-state index contributed by atoms with van der Waals surface area (Å²) < 4.78 is 5.08. The molecular weight excluding hydrogens is 295 g/mol. The lowest BCUT2D eigenvalue weighted by atomic mass is 9.97. The first-order valence-corrected chi connectivity index (χ1v) is 6.99. The van der Waals surface area contributed by atoms with E-state index in [2.05, 4.69) is 0 Å². The van der Waals surface area contributed by atoms with E-state index in [1.54, 1.807) is 18.2 Å². The van der Waals surface area contributed by atoms with E-state index in [1.165, 1.54) is 7.11 Å². The molecular formula is C16H14Cl2O2. The van der Waals surface area contributed by atoms with Crippen LogP contribution in [0.25, 0.3) is 0 Å². The molecule has 0 radical (unpaired) electrons. The molecule has 0 bridgehead atoms. The third-order valence-electron chi connectivity index (χ3n) is 3.13. The molecule has 2 rings (SSSR count). The minimum absolute atomic E-state index is 0.128. The van der Waals surface area contributed by atoms with E-state index in [9.17, 15) is 4.79 Å². The average molecular weight is 309 g/mol. The molecule has 0 saturated heterocycles. The number of hydrogen-bond donors (Lipinski definition) is 0. The van der Waals surface area contributed by atoms with Crippen LogP contribution < -0.4 is 4.74 Å². The zero-order valence-corrected chi connectivity index (χ0v) is 12.8. The Hall–Kier alpha value is -1.51. The number of methoxy groups -OCH3 is 1. The van der Waals surface area contributed by atoms with E-state index < -0.39 is 0 Å². The van der Waals surface area contributed by atoms with E-state index in [0.717, 1.165) is 12.0 Å². The van der Waals surface area contributed by atoms with E-state index in [4.69, 9.17) is 27.9 Å². The number of carbonyl (C=O) groups is 1. The van der Waals surface area contributed by atoms with Gasteiger partial charge in [-0.25, -0.2) is 0 Å². The van der Waals surface area contributed by atoms with Crippen LogP contribution in [0.2, 0.25) is 10.0 Å². The Bertz CT molecular complexity index is 651. The summed E-state index contributed by atoms with van der Waals surface area (Å²) in [6.07, 6.45) is 0.781. The summed E-state index contributed by atoms with van der Waals surface area (Å²) in [7, 11) is 1.51. The molecule has 4 heteroatoms. The smallest absolute Gasteiger partial charge is 0.194 e. The molecule has 104 valence electrons. The van der Waals surface area contributed by atoms with Crippen molar-refractivity contribution in [2.24, 2.45) is 0 Å². The van der Waals surface area contributed by atoms with Gasteiger partial charge in [-0.2, -0.15) is 0 Å². The number of ether oxygens (including phenoxy) is 1. The van der Waals surface area contributed by atoms with Crippen LogP contribution in [0.15, 0.2) is 36.4 Å². The van der Waals surface area contributed by atoms with E-state index in [-0.39, 0.29) is 5.78 Å². The lowest BCUT2D eigenvalue weighted by Crippen LogP contribution is -2.06. The van der Waals surface area contributed by atoms with E-state index in [1.807, 2.05) is 25.1 Å². The number of hydrogen-bond acceptors (Lipinski definition) is 2. The monoisotopic (exact) mass is 308 g/mol.